The second kappa shape index (κ2) is 8.11. The van der Waals surface area contributed by atoms with Crippen LogP contribution in [0.25, 0.3) is 0 Å². The summed E-state index contributed by atoms with van der Waals surface area (Å²) in [6.45, 7) is 4.99. The van der Waals surface area contributed by atoms with Gasteiger partial charge < -0.3 is 10.2 Å². The Morgan fingerprint density at radius 2 is 2.17 bits per heavy atom. The number of carbonyl (C=O) groups excluding carboxylic acids is 1. The Bertz CT molecular complexity index is 534. The molecule has 128 valence electrons. The zero-order chi connectivity index (χ0) is 15.5. The van der Waals surface area contributed by atoms with Crippen molar-refractivity contribution in [3.63, 3.8) is 0 Å². The van der Waals surface area contributed by atoms with Gasteiger partial charge >= 0.3 is 0 Å². The van der Waals surface area contributed by atoms with Crippen molar-refractivity contribution >= 4 is 18.3 Å². The van der Waals surface area contributed by atoms with Gasteiger partial charge in [0, 0.05) is 18.5 Å². The number of nitrogens with zero attached hydrogens (tertiary/aromatic N) is 1. The van der Waals surface area contributed by atoms with Crippen molar-refractivity contribution in [2.75, 3.05) is 19.6 Å². The van der Waals surface area contributed by atoms with Crippen LogP contribution in [0.4, 0.5) is 4.39 Å². The van der Waals surface area contributed by atoms with Crippen molar-refractivity contribution in [1.82, 2.24) is 10.2 Å². The zero-order valence-electron chi connectivity index (χ0n) is 13.6. The number of benzene rings is 1. The summed E-state index contributed by atoms with van der Waals surface area (Å²) in [7, 11) is 0. The maximum absolute atomic E-state index is 14.1. The van der Waals surface area contributed by atoms with Gasteiger partial charge in [0.05, 0.1) is 6.04 Å². The van der Waals surface area contributed by atoms with Gasteiger partial charge in [-0.05, 0) is 50.3 Å². The van der Waals surface area contributed by atoms with E-state index in [4.69, 9.17) is 0 Å². The molecule has 2 aliphatic rings. The summed E-state index contributed by atoms with van der Waals surface area (Å²) in [6, 6.07) is 6.78. The average Bonchev–Trinajstić information content (AvgIpc) is 3.14. The summed E-state index contributed by atoms with van der Waals surface area (Å²) < 4.78 is 14.1. The van der Waals surface area contributed by atoms with Crippen molar-refractivity contribution in [3.05, 3.63) is 35.6 Å². The highest BCUT2D eigenvalue weighted by Gasteiger charge is 2.35. The van der Waals surface area contributed by atoms with Crippen molar-refractivity contribution in [2.45, 2.75) is 38.6 Å². The molecule has 0 spiro atoms. The summed E-state index contributed by atoms with van der Waals surface area (Å²) in [5.41, 5.74) is 0.669. The van der Waals surface area contributed by atoms with E-state index in [-0.39, 0.29) is 30.2 Å². The van der Waals surface area contributed by atoms with Crippen molar-refractivity contribution in [2.24, 2.45) is 11.8 Å². The van der Waals surface area contributed by atoms with Gasteiger partial charge in [-0.2, -0.15) is 0 Å². The molecule has 23 heavy (non-hydrogen) atoms. The van der Waals surface area contributed by atoms with E-state index in [1.807, 2.05) is 17.0 Å². The topological polar surface area (TPSA) is 32.3 Å². The number of hydrogen-bond acceptors (Lipinski definition) is 2. The molecule has 0 aromatic heterocycles. The van der Waals surface area contributed by atoms with Gasteiger partial charge in [-0.15, -0.1) is 12.4 Å². The third-order valence-corrected chi connectivity index (χ3v) is 5.02. The highest BCUT2D eigenvalue weighted by Crippen LogP contribution is 2.37. The molecule has 2 aliphatic heterocycles. The van der Waals surface area contributed by atoms with Crippen LogP contribution < -0.4 is 5.32 Å². The first-order valence-electron chi connectivity index (χ1n) is 8.39. The van der Waals surface area contributed by atoms with E-state index < -0.39 is 0 Å². The Morgan fingerprint density at radius 1 is 1.39 bits per heavy atom. The zero-order valence-corrected chi connectivity index (χ0v) is 14.4. The minimum absolute atomic E-state index is 0. The smallest absolute Gasteiger partial charge is 0.223 e. The van der Waals surface area contributed by atoms with Crippen LogP contribution in [0, 0.1) is 17.7 Å². The molecule has 2 fully saturated rings. The standard InChI is InChI=1S/C18H25FN2O.ClH/c1-13-10-17(15-4-2-3-5-16(15)19)21(12-13)18(22)7-6-14-8-9-20-11-14;/h2-5,13-14,17,20H,6-12H2,1H3;1H. The Labute approximate surface area is 144 Å². The first-order valence-corrected chi connectivity index (χ1v) is 8.39. The van der Waals surface area contributed by atoms with Gasteiger partial charge in [-0.25, -0.2) is 4.39 Å². The highest BCUT2D eigenvalue weighted by molar-refractivity contribution is 5.85. The lowest BCUT2D eigenvalue weighted by atomic mass is 9.99. The number of rotatable bonds is 4. The molecule has 1 amide bonds. The monoisotopic (exact) mass is 340 g/mol. The van der Waals surface area contributed by atoms with Crippen molar-refractivity contribution < 1.29 is 9.18 Å². The lowest BCUT2D eigenvalue weighted by molar-refractivity contribution is -0.132. The molecule has 0 bridgehead atoms. The predicted molar refractivity (Wildman–Crippen MR) is 92.1 cm³/mol. The maximum atomic E-state index is 14.1. The van der Waals surface area contributed by atoms with Crippen LogP contribution in [-0.2, 0) is 4.79 Å². The number of amides is 1. The van der Waals surface area contributed by atoms with Crippen molar-refractivity contribution in [1.29, 1.82) is 0 Å². The number of carbonyl (C=O) groups is 1. The Balaban J connectivity index is 0.00000192. The largest absolute Gasteiger partial charge is 0.335 e. The van der Waals surface area contributed by atoms with E-state index in [0.29, 0.717) is 23.8 Å². The van der Waals surface area contributed by atoms with E-state index in [9.17, 15) is 9.18 Å². The number of hydrogen-bond donors (Lipinski definition) is 1. The number of likely N-dealkylation sites (tertiary alicyclic amines) is 1. The maximum Gasteiger partial charge on any atom is 0.223 e. The van der Waals surface area contributed by atoms with E-state index in [0.717, 1.165) is 32.5 Å². The summed E-state index contributed by atoms with van der Waals surface area (Å²) in [4.78, 5) is 14.5. The van der Waals surface area contributed by atoms with E-state index in [2.05, 4.69) is 12.2 Å². The van der Waals surface area contributed by atoms with E-state index >= 15 is 0 Å². The van der Waals surface area contributed by atoms with Gasteiger partial charge in [0.25, 0.3) is 0 Å². The summed E-state index contributed by atoms with van der Waals surface area (Å²) >= 11 is 0. The van der Waals surface area contributed by atoms with Gasteiger partial charge in [0.15, 0.2) is 0 Å². The van der Waals surface area contributed by atoms with E-state index in [1.54, 1.807) is 6.07 Å². The molecule has 3 rings (SSSR count). The van der Waals surface area contributed by atoms with Crippen LogP contribution in [0.1, 0.15) is 44.2 Å². The SMILES string of the molecule is CC1CC(c2ccccc2F)N(C(=O)CCC2CCNC2)C1.Cl. The Hall–Kier alpha value is -1.13. The van der Waals surface area contributed by atoms with Gasteiger partial charge in [0.1, 0.15) is 5.82 Å². The van der Waals surface area contributed by atoms with Gasteiger partial charge in [-0.3, -0.25) is 4.79 Å². The molecule has 0 radical (unpaired) electrons. The Kier molecular flexibility index (Phi) is 6.42. The van der Waals surface area contributed by atoms with Gasteiger partial charge in [0.2, 0.25) is 5.91 Å². The number of nitrogens with one attached hydrogen (secondary N) is 1. The minimum Gasteiger partial charge on any atom is -0.335 e. The fraction of sp³-hybridized carbons (Fsp3) is 0.611. The predicted octanol–water partition coefficient (Wildman–Crippen LogP) is 3.55. The van der Waals surface area contributed by atoms with Crippen LogP contribution in [0.5, 0.6) is 0 Å². The molecule has 1 aromatic carbocycles. The molecule has 5 heteroatoms. The second-order valence-electron chi connectivity index (χ2n) is 6.82. The lowest BCUT2D eigenvalue weighted by Crippen LogP contribution is -2.31. The van der Waals surface area contributed by atoms with Crippen LogP contribution >= 0.6 is 12.4 Å². The molecule has 3 atom stereocenters. The Morgan fingerprint density at radius 3 is 2.87 bits per heavy atom. The molecule has 3 nitrogen and oxygen atoms in total. The van der Waals surface area contributed by atoms with Crippen LogP contribution in [0.15, 0.2) is 24.3 Å². The molecule has 0 aliphatic carbocycles. The molecule has 2 saturated heterocycles. The molecular formula is C18H26ClFN2O. The fourth-order valence-corrected chi connectivity index (χ4v) is 3.79. The first kappa shape index (κ1) is 18.2. The molecule has 1 N–H and O–H groups in total. The summed E-state index contributed by atoms with van der Waals surface area (Å²) in [5.74, 6) is 1.04. The quantitative estimate of drug-likeness (QED) is 0.909. The van der Waals surface area contributed by atoms with Gasteiger partial charge in [-0.1, -0.05) is 25.1 Å². The highest BCUT2D eigenvalue weighted by atomic mass is 35.5. The fourth-order valence-electron chi connectivity index (χ4n) is 3.79. The van der Waals surface area contributed by atoms with E-state index in [1.165, 1.54) is 12.5 Å². The molecule has 3 unspecified atom stereocenters. The average molecular weight is 341 g/mol. The minimum atomic E-state index is -0.195. The molecular weight excluding hydrogens is 315 g/mol. The second-order valence-corrected chi connectivity index (χ2v) is 6.82. The molecule has 1 aromatic rings. The lowest BCUT2D eigenvalue weighted by Gasteiger charge is -2.26. The third-order valence-electron chi connectivity index (χ3n) is 5.02. The van der Waals surface area contributed by atoms with Crippen LogP contribution in [0.2, 0.25) is 0 Å². The summed E-state index contributed by atoms with van der Waals surface area (Å²) in [5, 5.41) is 3.34. The van der Waals surface area contributed by atoms with Crippen LogP contribution in [-0.4, -0.2) is 30.4 Å². The summed E-state index contributed by atoms with van der Waals surface area (Å²) in [6.07, 6.45) is 3.56. The molecule has 2 heterocycles. The normalized spacial score (nSPS) is 27.0. The molecule has 0 saturated carbocycles. The van der Waals surface area contributed by atoms with Crippen LogP contribution in [0.3, 0.4) is 0 Å². The van der Waals surface area contributed by atoms with Crippen molar-refractivity contribution in [3.8, 4) is 0 Å². The third kappa shape index (κ3) is 4.24. The number of halogens is 2. The first-order chi connectivity index (χ1) is 10.6.